The Morgan fingerprint density at radius 3 is 3.00 bits per heavy atom. The molecule has 0 aliphatic heterocycles. The van der Waals surface area contributed by atoms with Gasteiger partial charge in [0.25, 0.3) is 0 Å². The molecular formula is C12H17N3O. The van der Waals surface area contributed by atoms with E-state index in [0.29, 0.717) is 12.6 Å². The van der Waals surface area contributed by atoms with Crippen molar-refractivity contribution in [2.75, 3.05) is 6.54 Å². The Labute approximate surface area is 95.5 Å². The first kappa shape index (κ1) is 10.9. The third-order valence-electron chi connectivity index (χ3n) is 2.86. The number of nitrogens with zero attached hydrogens (tertiary/aromatic N) is 1. The van der Waals surface area contributed by atoms with Crippen molar-refractivity contribution >= 4 is 6.03 Å². The number of urea groups is 1. The lowest BCUT2D eigenvalue weighted by Crippen LogP contribution is -2.45. The van der Waals surface area contributed by atoms with Crippen LogP contribution in [0.2, 0.25) is 0 Å². The van der Waals surface area contributed by atoms with E-state index < -0.39 is 0 Å². The van der Waals surface area contributed by atoms with Crippen LogP contribution < -0.4 is 10.6 Å². The Bertz CT molecular complexity index is 335. The van der Waals surface area contributed by atoms with E-state index in [2.05, 4.69) is 15.6 Å². The molecule has 0 radical (unpaired) electrons. The van der Waals surface area contributed by atoms with Crippen LogP contribution in [-0.2, 0) is 6.42 Å². The Morgan fingerprint density at radius 2 is 2.38 bits per heavy atom. The SMILES string of the molecule is O=C(NCCc1cccnc1)NC1CCC1. The minimum atomic E-state index is -0.0476. The molecule has 0 atom stereocenters. The minimum absolute atomic E-state index is 0.0476. The molecule has 4 heteroatoms. The van der Waals surface area contributed by atoms with E-state index in [4.69, 9.17) is 0 Å². The quantitative estimate of drug-likeness (QED) is 0.805. The predicted molar refractivity (Wildman–Crippen MR) is 62.1 cm³/mol. The van der Waals surface area contributed by atoms with E-state index >= 15 is 0 Å². The molecule has 0 unspecified atom stereocenters. The van der Waals surface area contributed by atoms with E-state index in [9.17, 15) is 4.79 Å². The maximum Gasteiger partial charge on any atom is 0.315 e. The molecule has 0 aromatic carbocycles. The summed E-state index contributed by atoms with van der Waals surface area (Å²) in [5.74, 6) is 0. The van der Waals surface area contributed by atoms with E-state index in [-0.39, 0.29) is 6.03 Å². The second kappa shape index (κ2) is 5.49. The van der Waals surface area contributed by atoms with Crippen molar-refractivity contribution in [2.24, 2.45) is 0 Å². The zero-order chi connectivity index (χ0) is 11.2. The molecule has 86 valence electrons. The highest BCUT2D eigenvalue weighted by Gasteiger charge is 2.18. The fourth-order valence-corrected chi connectivity index (χ4v) is 1.66. The second-order valence-corrected chi connectivity index (χ2v) is 4.14. The van der Waals surface area contributed by atoms with Gasteiger partial charge in [-0.2, -0.15) is 0 Å². The molecule has 1 aromatic heterocycles. The number of amides is 2. The van der Waals surface area contributed by atoms with Crippen molar-refractivity contribution < 1.29 is 4.79 Å². The summed E-state index contributed by atoms with van der Waals surface area (Å²) in [6, 6.07) is 4.27. The molecule has 0 bridgehead atoms. The summed E-state index contributed by atoms with van der Waals surface area (Å²) in [6.07, 6.45) is 7.88. The van der Waals surface area contributed by atoms with Crippen molar-refractivity contribution in [2.45, 2.75) is 31.7 Å². The summed E-state index contributed by atoms with van der Waals surface area (Å²) in [7, 11) is 0. The molecular weight excluding hydrogens is 202 g/mol. The van der Waals surface area contributed by atoms with Gasteiger partial charge in [-0.1, -0.05) is 6.07 Å². The average molecular weight is 219 g/mol. The average Bonchev–Trinajstić information content (AvgIpc) is 2.25. The smallest absolute Gasteiger partial charge is 0.315 e. The molecule has 0 saturated heterocycles. The molecule has 1 aromatic rings. The molecule has 2 N–H and O–H groups in total. The van der Waals surface area contributed by atoms with Crippen molar-refractivity contribution in [3.05, 3.63) is 30.1 Å². The van der Waals surface area contributed by atoms with Crippen LogP contribution in [0.4, 0.5) is 4.79 Å². The normalized spacial score (nSPS) is 15.2. The lowest BCUT2D eigenvalue weighted by Gasteiger charge is -2.26. The van der Waals surface area contributed by atoms with Gasteiger partial charge in [0.2, 0.25) is 0 Å². The van der Waals surface area contributed by atoms with Crippen LogP contribution in [0.25, 0.3) is 0 Å². The Kier molecular flexibility index (Phi) is 3.75. The van der Waals surface area contributed by atoms with E-state index in [1.165, 1.54) is 6.42 Å². The largest absolute Gasteiger partial charge is 0.338 e. The molecule has 1 aliphatic rings. The molecule has 1 aliphatic carbocycles. The van der Waals surface area contributed by atoms with Gasteiger partial charge in [-0.05, 0) is 37.3 Å². The van der Waals surface area contributed by atoms with Gasteiger partial charge in [0, 0.05) is 25.0 Å². The monoisotopic (exact) mass is 219 g/mol. The number of nitrogens with one attached hydrogen (secondary N) is 2. The fraction of sp³-hybridized carbons (Fsp3) is 0.500. The maximum atomic E-state index is 11.4. The fourth-order valence-electron chi connectivity index (χ4n) is 1.66. The van der Waals surface area contributed by atoms with Crippen LogP contribution in [0.15, 0.2) is 24.5 Å². The van der Waals surface area contributed by atoms with Crippen molar-refractivity contribution in [3.8, 4) is 0 Å². The van der Waals surface area contributed by atoms with Crippen LogP contribution >= 0.6 is 0 Å². The van der Waals surface area contributed by atoms with Gasteiger partial charge in [-0.15, -0.1) is 0 Å². The van der Waals surface area contributed by atoms with Gasteiger partial charge in [-0.25, -0.2) is 4.79 Å². The molecule has 16 heavy (non-hydrogen) atoms. The predicted octanol–water partition coefficient (Wildman–Crippen LogP) is 1.48. The molecule has 2 rings (SSSR count). The number of hydrogen-bond donors (Lipinski definition) is 2. The molecule has 2 amide bonds. The second-order valence-electron chi connectivity index (χ2n) is 4.14. The topological polar surface area (TPSA) is 54.0 Å². The van der Waals surface area contributed by atoms with Crippen LogP contribution in [0.3, 0.4) is 0 Å². The first-order valence-corrected chi connectivity index (χ1v) is 5.78. The first-order valence-electron chi connectivity index (χ1n) is 5.78. The van der Waals surface area contributed by atoms with Crippen LogP contribution in [0.5, 0.6) is 0 Å². The summed E-state index contributed by atoms with van der Waals surface area (Å²) >= 11 is 0. The zero-order valence-corrected chi connectivity index (χ0v) is 9.28. The van der Waals surface area contributed by atoms with Crippen molar-refractivity contribution in [1.82, 2.24) is 15.6 Å². The minimum Gasteiger partial charge on any atom is -0.338 e. The van der Waals surface area contributed by atoms with Crippen LogP contribution in [0, 0.1) is 0 Å². The number of aromatic nitrogens is 1. The van der Waals surface area contributed by atoms with Gasteiger partial charge >= 0.3 is 6.03 Å². The third kappa shape index (κ3) is 3.22. The van der Waals surface area contributed by atoms with E-state index in [1.54, 1.807) is 6.20 Å². The van der Waals surface area contributed by atoms with Crippen molar-refractivity contribution in [3.63, 3.8) is 0 Å². The lowest BCUT2D eigenvalue weighted by molar-refractivity contribution is 0.228. The molecule has 4 nitrogen and oxygen atoms in total. The zero-order valence-electron chi connectivity index (χ0n) is 9.28. The van der Waals surface area contributed by atoms with Gasteiger partial charge in [0.1, 0.15) is 0 Å². The van der Waals surface area contributed by atoms with E-state index in [0.717, 1.165) is 24.8 Å². The van der Waals surface area contributed by atoms with Gasteiger partial charge < -0.3 is 10.6 Å². The highest BCUT2D eigenvalue weighted by atomic mass is 16.2. The number of hydrogen-bond acceptors (Lipinski definition) is 2. The van der Waals surface area contributed by atoms with E-state index in [1.807, 2.05) is 18.3 Å². The third-order valence-corrected chi connectivity index (χ3v) is 2.86. The maximum absolute atomic E-state index is 11.4. The number of rotatable bonds is 4. The standard InChI is InChI=1S/C12H17N3O/c16-12(15-11-4-1-5-11)14-8-6-10-3-2-7-13-9-10/h2-3,7,9,11H,1,4-6,8H2,(H2,14,15,16). The van der Waals surface area contributed by atoms with Gasteiger partial charge in [0.05, 0.1) is 0 Å². The Balaban J connectivity index is 1.62. The molecule has 0 spiro atoms. The van der Waals surface area contributed by atoms with Gasteiger partial charge in [-0.3, -0.25) is 4.98 Å². The highest BCUT2D eigenvalue weighted by molar-refractivity contribution is 5.74. The highest BCUT2D eigenvalue weighted by Crippen LogP contribution is 2.17. The summed E-state index contributed by atoms with van der Waals surface area (Å²) in [5, 5.41) is 5.79. The number of pyridine rings is 1. The van der Waals surface area contributed by atoms with Crippen LogP contribution in [0.1, 0.15) is 24.8 Å². The van der Waals surface area contributed by atoms with Crippen molar-refractivity contribution in [1.29, 1.82) is 0 Å². The summed E-state index contributed by atoms with van der Waals surface area (Å²) < 4.78 is 0. The lowest BCUT2D eigenvalue weighted by atomic mass is 9.93. The number of carbonyl (C=O) groups is 1. The van der Waals surface area contributed by atoms with Crippen LogP contribution in [-0.4, -0.2) is 23.6 Å². The molecule has 1 fully saturated rings. The molecule has 1 saturated carbocycles. The Morgan fingerprint density at radius 1 is 1.50 bits per heavy atom. The summed E-state index contributed by atoms with van der Waals surface area (Å²) in [6.45, 7) is 0.657. The first-order chi connectivity index (χ1) is 7.84. The van der Waals surface area contributed by atoms with Gasteiger partial charge in [0.15, 0.2) is 0 Å². The molecule has 1 heterocycles. The summed E-state index contributed by atoms with van der Waals surface area (Å²) in [5.41, 5.74) is 1.14. The Hall–Kier alpha value is -1.58. The number of carbonyl (C=O) groups excluding carboxylic acids is 1. The summed E-state index contributed by atoms with van der Waals surface area (Å²) in [4.78, 5) is 15.4.